The lowest BCUT2D eigenvalue weighted by molar-refractivity contribution is -0.118. The maximum Gasteiger partial charge on any atom is 0.137 e. The summed E-state index contributed by atoms with van der Waals surface area (Å²) >= 11 is 0. The van der Waals surface area contributed by atoms with Crippen LogP contribution < -0.4 is 0 Å². The van der Waals surface area contributed by atoms with E-state index in [-0.39, 0.29) is 11.3 Å². The quantitative estimate of drug-likeness (QED) is 0.691. The van der Waals surface area contributed by atoms with E-state index < -0.39 is 5.60 Å². The number of aliphatic hydroxyl groups is 1. The first-order chi connectivity index (χ1) is 10.9. The van der Waals surface area contributed by atoms with E-state index >= 15 is 0 Å². The molecule has 122 valence electrons. The molecule has 4 aliphatic carbocycles. The van der Waals surface area contributed by atoms with Gasteiger partial charge in [-0.25, -0.2) is 0 Å². The first-order valence-electron chi connectivity index (χ1n) is 9.04. The SMILES string of the molecule is C#C[C@]1(O)[C@H](C)C[C@H]2[C@@H]3CCC4=C(CCC(=O)C4)C3=CC[C@@]21C. The van der Waals surface area contributed by atoms with Crippen molar-refractivity contribution in [3.63, 3.8) is 0 Å². The number of hydrogen-bond donors (Lipinski definition) is 1. The monoisotopic (exact) mass is 310 g/mol. The van der Waals surface area contributed by atoms with Gasteiger partial charge in [0.2, 0.25) is 0 Å². The standard InChI is InChI=1S/C21H26O2/c1-4-21(23)13(2)11-19-18-7-5-14-12-15(22)6-8-16(14)17(18)9-10-20(19,21)3/h1,9,13,18-19,23H,5-8,10-12H2,2-3H3/t13-,18-,19+,20+,21+/m1/s1. The van der Waals surface area contributed by atoms with Crippen LogP contribution in [0.5, 0.6) is 0 Å². The van der Waals surface area contributed by atoms with E-state index in [1.165, 1.54) is 16.7 Å². The number of terminal acetylenes is 1. The molecule has 23 heavy (non-hydrogen) atoms. The minimum Gasteiger partial charge on any atom is -0.377 e. The molecule has 0 saturated heterocycles. The molecule has 2 nitrogen and oxygen atoms in total. The van der Waals surface area contributed by atoms with Gasteiger partial charge in [0.1, 0.15) is 11.4 Å². The number of carbonyl (C=O) groups excluding carboxylic acids is 1. The molecule has 0 spiro atoms. The van der Waals surface area contributed by atoms with Crippen LogP contribution in [0.2, 0.25) is 0 Å². The van der Waals surface area contributed by atoms with E-state index in [0.717, 1.165) is 32.1 Å². The van der Waals surface area contributed by atoms with Crippen molar-refractivity contribution in [2.24, 2.45) is 23.2 Å². The number of Topliss-reactive ketones (excluding diaryl/α,β-unsaturated/α-hetero) is 1. The lowest BCUT2D eigenvalue weighted by Gasteiger charge is -2.49. The Morgan fingerprint density at radius 1 is 1.35 bits per heavy atom. The van der Waals surface area contributed by atoms with Crippen LogP contribution in [0.4, 0.5) is 0 Å². The molecule has 5 atom stereocenters. The van der Waals surface area contributed by atoms with Crippen LogP contribution >= 0.6 is 0 Å². The second-order valence-corrected chi connectivity index (χ2v) is 8.38. The van der Waals surface area contributed by atoms with Crippen LogP contribution in [0.15, 0.2) is 22.8 Å². The molecular weight excluding hydrogens is 284 g/mol. The van der Waals surface area contributed by atoms with Crippen molar-refractivity contribution in [3.05, 3.63) is 22.8 Å². The summed E-state index contributed by atoms with van der Waals surface area (Å²) in [5.74, 6) is 4.29. The zero-order valence-electron chi connectivity index (χ0n) is 14.2. The maximum absolute atomic E-state index is 11.8. The van der Waals surface area contributed by atoms with Crippen LogP contribution in [-0.4, -0.2) is 16.5 Å². The fourth-order valence-electron chi connectivity index (χ4n) is 6.07. The van der Waals surface area contributed by atoms with Crippen LogP contribution in [0.3, 0.4) is 0 Å². The van der Waals surface area contributed by atoms with E-state index in [2.05, 4.69) is 25.8 Å². The van der Waals surface area contributed by atoms with Gasteiger partial charge in [0.25, 0.3) is 0 Å². The molecule has 1 N–H and O–H groups in total. The molecule has 4 rings (SSSR count). The van der Waals surface area contributed by atoms with E-state index in [1.54, 1.807) is 0 Å². The third-order valence-corrected chi connectivity index (χ3v) is 7.46. The number of ketones is 1. The highest BCUT2D eigenvalue weighted by Crippen LogP contribution is 2.63. The Balaban J connectivity index is 1.76. The minimum absolute atomic E-state index is 0.151. The Hall–Kier alpha value is -1.33. The Labute approximate surface area is 139 Å². The second-order valence-electron chi connectivity index (χ2n) is 8.38. The molecule has 1 saturated carbocycles. The van der Waals surface area contributed by atoms with E-state index in [9.17, 15) is 9.90 Å². The molecule has 0 aromatic rings. The van der Waals surface area contributed by atoms with Gasteiger partial charge in [-0.1, -0.05) is 31.4 Å². The van der Waals surface area contributed by atoms with Crippen molar-refractivity contribution < 1.29 is 9.90 Å². The van der Waals surface area contributed by atoms with Crippen molar-refractivity contribution in [1.82, 2.24) is 0 Å². The molecule has 0 unspecified atom stereocenters. The molecule has 0 radical (unpaired) electrons. The van der Waals surface area contributed by atoms with Gasteiger partial charge >= 0.3 is 0 Å². The van der Waals surface area contributed by atoms with Crippen molar-refractivity contribution in [3.8, 4) is 12.3 Å². The molecule has 2 heteroatoms. The topological polar surface area (TPSA) is 37.3 Å². The average Bonchev–Trinajstić information content (AvgIpc) is 2.75. The number of rotatable bonds is 0. The highest BCUT2D eigenvalue weighted by molar-refractivity contribution is 5.83. The lowest BCUT2D eigenvalue weighted by Crippen LogP contribution is -2.50. The molecule has 0 heterocycles. The smallest absolute Gasteiger partial charge is 0.137 e. The second kappa shape index (κ2) is 4.84. The summed E-state index contributed by atoms with van der Waals surface area (Å²) in [6, 6.07) is 0. The van der Waals surface area contributed by atoms with Crippen molar-refractivity contribution in [1.29, 1.82) is 0 Å². The summed E-state index contributed by atoms with van der Waals surface area (Å²) in [7, 11) is 0. The highest BCUT2D eigenvalue weighted by Gasteiger charge is 2.62. The average molecular weight is 310 g/mol. The van der Waals surface area contributed by atoms with Gasteiger partial charge in [0, 0.05) is 18.3 Å². The minimum atomic E-state index is -0.989. The van der Waals surface area contributed by atoms with E-state index in [0.29, 0.717) is 30.5 Å². The zero-order chi connectivity index (χ0) is 16.4. The first-order valence-corrected chi connectivity index (χ1v) is 9.04. The maximum atomic E-state index is 11.8. The van der Waals surface area contributed by atoms with Crippen LogP contribution in [-0.2, 0) is 4.79 Å². The summed E-state index contributed by atoms with van der Waals surface area (Å²) in [4.78, 5) is 11.8. The van der Waals surface area contributed by atoms with Crippen LogP contribution in [0.25, 0.3) is 0 Å². The molecule has 0 bridgehead atoms. The van der Waals surface area contributed by atoms with Crippen LogP contribution in [0.1, 0.15) is 58.8 Å². The van der Waals surface area contributed by atoms with Gasteiger partial charge < -0.3 is 5.11 Å². The number of hydrogen-bond acceptors (Lipinski definition) is 2. The van der Waals surface area contributed by atoms with Gasteiger partial charge in [-0.15, -0.1) is 6.42 Å². The number of allylic oxidation sites excluding steroid dienone is 4. The molecule has 4 aliphatic rings. The van der Waals surface area contributed by atoms with E-state index in [1.807, 2.05) is 0 Å². The fourth-order valence-corrected chi connectivity index (χ4v) is 6.07. The van der Waals surface area contributed by atoms with Crippen molar-refractivity contribution in [2.75, 3.05) is 0 Å². The van der Waals surface area contributed by atoms with Gasteiger partial charge in [-0.3, -0.25) is 4.79 Å². The Morgan fingerprint density at radius 3 is 2.87 bits per heavy atom. The first kappa shape index (κ1) is 15.2. The lowest BCUT2D eigenvalue weighted by atomic mass is 9.56. The third kappa shape index (κ3) is 1.83. The summed E-state index contributed by atoms with van der Waals surface area (Å²) in [6.07, 6.45) is 14.5. The molecule has 0 aromatic carbocycles. The Morgan fingerprint density at radius 2 is 2.13 bits per heavy atom. The summed E-state index contributed by atoms with van der Waals surface area (Å²) in [5.41, 5.74) is 3.17. The van der Waals surface area contributed by atoms with Gasteiger partial charge in [0.05, 0.1) is 0 Å². The molecule has 0 aliphatic heterocycles. The summed E-state index contributed by atoms with van der Waals surface area (Å²) < 4.78 is 0. The van der Waals surface area contributed by atoms with Gasteiger partial charge in [-0.05, 0) is 61.0 Å². The molecule has 0 amide bonds. The highest BCUT2D eigenvalue weighted by atomic mass is 16.3. The number of carbonyl (C=O) groups is 1. The fraction of sp³-hybridized carbons (Fsp3) is 0.667. The van der Waals surface area contributed by atoms with Crippen LogP contribution in [0, 0.1) is 35.5 Å². The predicted molar refractivity (Wildman–Crippen MR) is 90.5 cm³/mol. The number of fused-ring (bicyclic) bond motifs is 4. The third-order valence-electron chi connectivity index (χ3n) is 7.46. The van der Waals surface area contributed by atoms with E-state index in [4.69, 9.17) is 6.42 Å². The van der Waals surface area contributed by atoms with Gasteiger partial charge in [0.15, 0.2) is 0 Å². The summed E-state index contributed by atoms with van der Waals surface area (Å²) in [5, 5.41) is 11.2. The predicted octanol–water partition coefficient (Wildman–Crippen LogP) is 3.80. The van der Waals surface area contributed by atoms with Crippen molar-refractivity contribution in [2.45, 2.75) is 64.4 Å². The molecule has 1 fully saturated rings. The largest absolute Gasteiger partial charge is 0.377 e. The normalized spacial score (nSPS) is 45.7. The Kier molecular flexibility index (Phi) is 3.20. The van der Waals surface area contributed by atoms with Gasteiger partial charge in [-0.2, -0.15) is 0 Å². The molecular formula is C21H26O2. The molecule has 0 aromatic heterocycles. The summed E-state index contributed by atoms with van der Waals surface area (Å²) in [6.45, 7) is 4.30. The van der Waals surface area contributed by atoms with Crippen molar-refractivity contribution >= 4 is 5.78 Å². The zero-order valence-corrected chi connectivity index (χ0v) is 14.2. The Bertz CT molecular complexity index is 676.